The van der Waals surface area contributed by atoms with E-state index < -0.39 is 0 Å². The summed E-state index contributed by atoms with van der Waals surface area (Å²) in [5.41, 5.74) is 2.75. The molecule has 4 nitrogen and oxygen atoms in total. The van der Waals surface area contributed by atoms with E-state index in [1.807, 2.05) is 0 Å². The number of nitrogens with zero attached hydrogens (tertiary/aromatic N) is 1. The zero-order valence-corrected chi connectivity index (χ0v) is 5.27. The van der Waals surface area contributed by atoms with Crippen molar-refractivity contribution in [3.63, 3.8) is 0 Å². The minimum absolute atomic E-state index is 0.0579. The first-order chi connectivity index (χ1) is 4.29. The van der Waals surface area contributed by atoms with Crippen LogP contribution >= 0.6 is 0 Å². The van der Waals surface area contributed by atoms with Crippen molar-refractivity contribution in [3.8, 4) is 0 Å². The second kappa shape index (κ2) is 2.48. The normalized spacial score (nSPS) is 16.3. The van der Waals surface area contributed by atoms with Crippen molar-refractivity contribution in [2.45, 2.75) is 13.3 Å². The number of carbonyl (C=O) groups excluding carboxylic acids is 1. The zero-order chi connectivity index (χ0) is 6.69. The Morgan fingerprint density at radius 1 is 1.89 bits per heavy atom. The van der Waals surface area contributed by atoms with Crippen molar-refractivity contribution < 1.29 is 4.79 Å². The van der Waals surface area contributed by atoms with Gasteiger partial charge in [0, 0.05) is 19.9 Å². The summed E-state index contributed by atoms with van der Waals surface area (Å²) in [4.78, 5) is 10.4. The maximum atomic E-state index is 10.4. The van der Waals surface area contributed by atoms with Crippen LogP contribution in [0.4, 0.5) is 0 Å². The molecule has 0 unspecified atom stereocenters. The molecular weight excluding hydrogens is 118 g/mol. The van der Waals surface area contributed by atoms with Gasteiger partial charge in [-0.2, -0.15) is 5.10 Å². The van der Waals surface area contributed by atoms with Crippen molar-refractivity contribution in [3.05, 3.63) is 0 Å². The second-order valence-corrected chi connectivity index (χ2v) is 1.90. The molecular formula is C5H9N3O. The van der Waals surface area contributed by atoms with Crippen molar-refractivity contribution >= 4 is 11.7 Å². The lowest BCUT2D eigenvalue weighted by Gasteiger charge is -1.95. The molecule has 1 aliphatic rings. The predicted octanol–water partition coefficient (Wildman–Crippen LogP) is -0.571. The van der Waals surface area contributed by atoms with Gasteiger partial charge in [0.15, 0.2) is 0 Å². The molecule has 0 saturated heterocycles. The monoisotopic (exact) mass is 127 g/mol. The molecule has 0 fully saturated rings. The standard InChI is InChI=1S/C5H9N3O/c1-4(9)7-5-2-3-6-8-5/h6H,2-3H2,1H3,(H,7,8,9). The maximum Gasteiger partial charge on any atom is 0.222 e. The third-order valence-electron chi connectivity index (χ3n) is 1.01. The molecule has 1 rings (SSSR count). The molecule has 0 bridgehead atoms. The molecule has 1 heterocycles. The van der Waals surface area contributed by atoms with Crippen molar-refractivity contribution in [2.24, 2.45) is 5.10 Å². The molecule has 0 aromatic carbocycles. The molecule has 0 aromatic rings. The first kappa shape index (κ1) is 6.07. The highest BCUT2D eigenvalue weighted by molar-refractivity contribution is 5.97. The lowest BCUT2D eigenvalue weighted by Crippen LogP contribution is -2.26. The summed E-state index contributed by atoms with van der Waals surface area (Å²) in [5.74, 6) is 0.681. The average Bonchev–Trinajstić information content (AvgIpc) is 2.15. The molecule has 0 aromatic heterocycles. The fraction of sp³-hybridized carbons (Fsp3) is 0.600. The maximum absolute atomic E-state index is 10.4. The highest BCUT2D eigenvalue weighted by Gasteiger charge is 2.05. The van der Waals surface area contributed by atoms with Gasteiger partial charge in [-0.05, 0) is 0 Å². The van der Waals surface area contributed by atoms with Crippen LogP contribution in [-0.2, 0) is 4.79 Å². The van der Waals surface area contributed by atoms with E-state index in [1.165, 1.54) is 6.92 Å². The molecule has 1 aliphatic heterocycles. The van der Waals surface area contributed by atoms with Gasteiger partial charge < -0.3 is 10.7 Å². The summed E-state index contributed by atoms with van der Waals surface area (Å²) in [7, 11) is 0. The van der Waals surface area contributed by atoms with Gasteiger partial charge in [-0.25, -0.2) is 0 Å². The van der Waals surface area contributed by atoms with E-state index in [1.54, 1.807) is 0 Å². The quantitative estimate of drug-likeness (QED) is 0.458. The number of carbonyl (C=O) groups is 1. The van der Waals surface area contributed by atoms with Crippen LogP contribution in [0.3, 0.4) is 0 Å². The van der Waals surface area contributed by atoms with Gasteiger partial charge >= 0.3 is 0 Å². The highest BCUT2D eigenvalue weighted by atomic mass is 16.1. The summed E-state index contributed by atoms with van der Waals surface area (Å²) in [5, 5.41) is 6.40. The molecule has 50 valence electrons. The number of rotatable bonds is 0. The van der Waals surface area contributed by atoms with E-state index in [4.69, 9.17) is 0 Å². The van der Waals surface area contributed by atoms with Crippen LogP contribution in [0.1, 0.15) is 13.3 Å². The van der Waals surface area contributed by atoms with E-state index >= 15 is 0 Å². The van der Waals surface area contributed by atoms with E-state index in [9.17, 15) is 4.79 Å². The van der Waals surface area contributed by atoms with Gasteiger partial charge in [0.05, 0.1) is 0 Å². The van der Waals surface area contributed by atoms with Crippen molar-refractivity contribution in [1.82, 2.24) is 10.7 Å². The Labute approximate surface area is 53.3 Å². The van der Waals surface area contributed by atoms with Crippen molar-refractivity contribution in [2.75, 3.05) is 6.54 Å². The highest BCUT2D eigenvalue weighted by Crippen LogP contribution is 1.87. The third kappa shape index (κ3) is 1.71. The summed E-state index contributed by atoms with van der Waals surface area (Å²) in [6, 6.07) is 0. The zero-order valence-electron chi connectivity index (χ0n) is 5.27. The molecule has 4 heteroatoms. The van der Waals surface area contributed by atoms with Crippen LogP contribution in [0.25, 0.3) is 0 Å². The van der Waals surface area contributed by atoms with Crippen LogP contribution < -0.4 is 10.7 Å². The molecule has 0 aliphatic carbocycles. The summed E-state index contributed by atoms with van der Waals surface area (Å²) >= 11 is 0. The molecule has 0 saturated carbocycles. The van der Waals surface area contributed by atoms with Gasteiger partial charge in [0.1, 0.15) is 5.84 Å². The summed E-state index contributed by atoms with van der Waals surface area (Å²) < 4.78 is 0. The number of hydrogen-bond acceptors (Lipinski definition) is 3. The predicted molar refractivity (Wildman–Crippen MR) is 33.9 cm³/mol. The summed E-state index contributed by atoms with van der Waals surface area (Å²) in [6.07, 6.45) is 0.819. The number of amidine groups is 1. The fourth-order valence-electron chi connectivity index (χ4n) is 0.675. The molecule has 0 radical (unpaired) electrons. The van der Waals surface area contributed by atoms with Crippen LogP contribution in [0.15, 0.2) is 5.10 Å². The van der Waals surface area contributed by atoms with E-state index in [-0.39, 0.29) is 5.91 Å². The topological polar surface area (TPSA) is 53.5 Å². The van der Waals surface area contributed by atoms with Gasteiger partial charge in [-0.1, -0.05) is 0 Å². The second-order valence-electron chi connectivity index (χ2n) is 1.90. The van der Waals surface area contributed by atoms with Crippen LogP contribution in [0.2, 0.25) is 0 Å². The minimum Gasteiger partial charge on any atom is -0.313 e. The fourth-order valence-corrected chi connectivity index (χ4v) is 0.675. The van der Waals surface area contributed by atoms with Gasteiger partial charge in [-0.3, -0.25) is 4.79 Å². The largest absolute Gasteiger partial charge is 0.313 e. The van der Waals surface area contributed by atoms with Gasteiger partial charge in [0.25, 0.3) is 0 Å². The number of nitrogens with one attached hydrogen (secondary N) is 2. The molecule has 1 amide bonds. The lowest BCUT2D eigenvalue weighted by atomic mass is 10.4. The molecule has 9 heavy (non-hydrogen) atoms. The Morgan fingerprint density at radius 2 is 2.67 bits per heavy atom. The van der Waals surface area contributed by atoms with Crippen LogP contribution in [0.5, 0.6) is 0 Å². The number of amides is 1. The molecule has 0 spiro atoms. The van der Waals surface area contributed by atoms with E-state index in [0.717, 1.165) is 18.8 Å². The number of hydrazone groups is 1. The van der Waals surface area contributed by atoms with Gasteiger partial charge in [0.2, 0.25) is 5.91 Å². The first-order valence-corrected chi connectivity index (χ1v) is 2.86. The Hall–Kier alpha value is -1.06. The Balaban J connectivity index is 2.35. The Kier molecular flexibility index (Phi) is 1.67. The third-order valence-corrected chi connectivity index (χ3v) is 1.01. The van der Waals surface area contributed by atoms with Crippen molar-refractivity contribution in [1.29, 1.82) is 0 Å². The number of hydrogen-bond donors (Lipinski definition) is 2. The van der Waals surface area contributed by atoms with Gasteiger partial charge in [-0.15, -0.1) is 0 Å². The Morgan fingerprint density at radius 3 is 3.11 bits per heavy atom. The van der Waals surface area contributed by atoms with E-state index in [0.29, 0.717) is 0 Å². The minimum atomic E-state index is -0.0579. The SMILES string of the molecule is CC(=O)NC1=NNCC1. The lowest BCUT2D eigenvalue weighted by molar-refractivity contribution is -0.117. The van der Waals surface area contributed by atoms with E-state index in [2.05, 4.69) is 15.8 Å². The Bertz CT molecular complexity index is 152. The van der Waals surface area contributed by atoms with Crippen LogP contribution in [0, 0.1) is 0 Å². The average molecular weight is 127 g/mol. The van der Waals surface area contributed by atoms with Crippen LogP contribution in [-0.4, -0.2) is 18.3 Å². The molecule has 2 N–H and O–H groups in total. The smallest absolute Gasteiger partial charge is 0.222 e. The summed E-state index contributed by atoms with van der Waals surface area (Å²) in [6.45, 7) is 2.30. The first-order valence-electron chi connectivity index (χ1n) is 2.86. The molecule has 0 atom stereocenters.